The molecule has 7 aromatic rings. The van der Waals surface area contributed by atoms with Gasteiger partial charge in [-0.2, -0.15) is 13.2 Å². The van der Waals surface area contributed by atoms with Gasteiger partial charge in [0.1, 0.15) is 17.2 Å². The normalized spacial score (nSPS) is 13.9. The minimum atomic E-state index is -4.71. The zero-order valence-electron chi connectivity index (χ0n) is 66.6. The predicted octanol–water partition coefficient (Wildman–Crippen LogP) is 23.4. The molecule has 104 heavy (non-hydrogen) atoms. The van der Waals surface area contributed by atoms with Gasteiger partial charge in [-0.1, -0.05) is 224 Å². The number of non-ortho nitro benzene ring substituents is 1. The van der Waals surface area contributed by atoms with Crippen LogP contribution in [0, 0.1) is 42.7 Å². The number of halogens is 3. The SMILES string of the molecule is CC(C)C1=C(C(=O)C(F)(F)F)CCC1.CC(C)c1ccc(CO)cc1.CC(C)c1ccc(O)cc1.CC(C)c1ccc([N+](=O)[O-])cc1.CC1=C(C(C)C)c2ccccc2C1.COc1cc(/C=N/O)ccc1C(C)C.COc1ccc(C(C)C)c(C)c1C.Cc1ccc(N2CCNC(C)C2)cc1C(C)C. The Morgan fingerprint density at radius 3 is 1.63 bits per heavy atom. The van der Waals surface area contributed by atoms with E-state index in [2.05, 4.69) is 214 Å². The highest BCUT2D eigenvalue weighted by Gasteiger charge is 2.42. The molecule has 0 aromatic heterocycles. The van der Waals surface area contributed by atoms with Crippen molar-refractivity contribution >= 4 is 28.9 Å². The molecule has 1 fully saturated rings. The van der Waals surface area contributed by atoms with Crippen LogP contribution in [0.1, 0.15) is 252 Å². The molecule has 568 valence electrons. The highest BCUT2D eigenvalue weighted by atomic mass is 19.4. The first-order valence-electron chi connectivity index (χ1n) is 36.8. The van der Waals surface area contributed by atoms with E-state index in [0.29, 0.717) is 71.6 Å². The first-order chi connectivity index (χ1) is 48.9. The Labute approximate surface area is 622 Å². The molecule has 1 aliphatic heterocycles. The third kappa shape index (κ3) is 28.8. The molecule has 4 N–H and O–H groups in total. The maximum atomic E-state index is 12.2. The molecule has 0 saturated carbocycles. The first-order valence-corrected chi connectivity index (χ1v) is 36.8. The molecule has 0 amide bonds. The summed E-state index contributed by atoms with van der Waals surface area (Å²) in [5, 5.41) is 42.8. The van der Waals surface area contributed by atoms with Gasteiger partial charge in [0.05, 0.1) is 32.0 Å². The summed E-state index contributed by atoms with van der Waals surface area (Å²) in [5.41, 5.74) is 21.9. The van der Waals surface area contributed by atoms with Gasteiger partial charge in [-0.05, 0) is 222 Å². The molecule has 1 atom stereocenters. The molecule has 0 radical (unpaired) electrons. The van der Waals surface area contributed by atoms with Crippen LogP contribution in [-0.2, 0) is 17.8 Å². The number of oxime groups is 1. The number of ketones is 1. The molecule has 0 bridgehead atoms. The average molecular weight is 1430 g/mol. The van der Waals surface area contributed by atoms with Crippen LogP contribution in [0.3, 0.4) is 0 Å². The number of carbonyl (C=O) groups excluding carboxylic acids is 1. The number of aliphatic hydroxyl groups is 1. The van der Waals surface area contributed by atoms with Gasteiger partial charge in [0.15, 0.2) is 0 Å². The molecule has 3 aliphatic rings. The Kier molecular flexibility index (Phi) is 38.2. The van der Waals surface area contributed by atoms with Crippen LogP contribution < -0.4 is 19.7 Å². The van der Waals surface area contributed by atoms with E-state index < -0.39 is 12.0 Å². The van der Waals surface area contributed by atoms with E-state index in [1.807, 2.05) is 56.3 Å². The van der Waals surface area contributed by atoms with Crippen LogP contribution in [0.2, 0.25) is 0 Å². The third-order valence-electron chi connectivity index (χ3n) is 18.8. The first kappa shape index (κ1) is 89.7. The van der Waals surface area contributed by atoms with Gasteiger partial charge < -0.3 is 35.1 Å². The van der Waals surface area contributed by atoms with Crippen molar-refractivity contribution in [3.63, 3.8) is 0 Å². The maximum Gasteiger partial charge on any atom is 0.454 e. The molecule has 7 aromatic carbocycles. The fraction of sp³-hybridized carbons (Fsp3) is 0.461. The van der Waals surface area contributed by atoms with E-state index in [1.54, 1.807) is 49.6 Å². The average Bonchev–Trinajstić information content (AvgIpc) is 1.67. The number of Topliss-reactive ketones (excluding diaryl/α,β-unsaturated/α-hetero) is 1. The quantitative estimate of drug-likeness (QED) is 0.0336. The van der Waals surface area contributed by atoms with E-state index in [0.717, 1.165) is 59.8 Å². The number of phenols is 1. The summed E-state index contributed by atoms with van der Waals surface area (Å²) in [6.07, 6.45) is -0.582. The maximum absolute atomic E-state index is 12.2. The van der Waals surface area contributed by atoms with Gasteiger partial charge in [-0.25, -0.2) is 0 Å². The molecule has 1 saturated heterocycles. The number of fused-ring (bicyclic) bond motifs is 1. The summed E-state index contributed by atoms with van der Waals surface area (Å²) < 4.78 is 47.0. The van der Waals surface area contributed by atoms with Crippen LogP contribution in [0.5, 0.6) is 17.2 Å². The molecule has 1 unspecified atom stereocenters. The Morgan fingerprint density at radius 2 is 1.16 bits per heavy atom. The Hall–Kier alpha value is -8.53. The van der Waals surface area contributed by atoms with E-state index in [1.165, 1.54) is 74.1 Å². The number of hydrogen-bond acceptors (Lipinski definition) is 11. The van der Waals surface area contributed by atoms with Crippen molar-refractivity contribution in [1.82, 2.24) is 5.32 Å². The van der Waals surface area contributed by atoms with Crippen molar-refractivity contribution in [1.29, 1.82) is 0 Å². The number of ether oxygens (including phenoxy) is 2. The molecule has 15 heteroatoms. The molecule has 1 heterocycles. The lowest BCUT2D eigenvalue weighted by Gasteiger charge is -2.34. The number of nitro groups is 1. The summed E-state index contributed by atoms with van der Waals surface area (Å²) in [6, 6.07) is 48.3. The Morgan fingerprint density at radius 1 is 0.635 bits per heavy atom. The fourth-order valence-corrected chi connectivity index (χ4v) is 12.7. The topological polar surface area (TPSA) is 167 Å². The minimum Gasteiger partial charge on any atom is -0.508 e. The van der Waals surface area contributed by atoms with Crippen molar-refractivity contribution < 1.29 is 47.8 Å². The zero-order valence-corrected chi connectivity index (χ0v) is 66.6. The lowest BCUT2D eigenvalue weighted by molar-refractivity contribution is -0.384. The monoisotopic (exact) mass is 1430 g/mol. The summed E-state index contributed by atoms with van der Waals surface area (Å²) >= 11 is 0. The second-order valence-electron chi connectivity index (χ2n) is 29.5. The number of nitro benzene ring substituents is 1. The van der Waals surface area contributed by atoms with Gasteiger partial charge in [-0.15, -0.1) is 0 Å². The molecule has 0 spiro atoms. The Balaban J connectivity index is 0.000000310. The van der Waals surface area contributed by atoms with Gasteiger partial charge in [0.25, 0.3) is 11.5 Å². The number of aryl methyl sites for hydroxylation is 1. The second kappa shape index (κ2) is 44.3. The number of phenolic OH excluding ortho intramolecular Hbond substituents is 1. The number of hydrogen-bond donors (Lipinski definition) is 4. The van der Waals surface area contributed by atoms with Gasteiger partial charge in [0.2, 0.25) is 0 Å². The minimum absolute atomic E-state index is 0.00694. The van der Waals surface area contributed by atoms with Crippen LogP contribution >= 0.6 is 0 Å². The number of methoxy groups -OCH3 is 2. The number of alkyl halides is 3. The molecule has 2 aliphatic carbocycles. The van der Waals surface area contributed by atoms with Gasteiger partial charge in [0, 0.05) is 49.1 Å². The van der Waals surface area contributed by atoms with Gasteiger partial charge in [-0.3, -0.25) is 14.9 Å². The number of carbonyl (C=O) groups is 1. The summed E-state index contributed by atoms with van der Waals surface area (Å²) in [6.45, 7) is 48.5. The number of piperazine rings is 1. The van der Waals surface area contributed by atoms with Gasteiger partial charge >= 0.3 is 6.18 Å². The molecule has 10 rings (SSSR count). The number of nitrogens with one attached hydrogen (secondary N) is 1. The largest absolute Gasteiger partial charge is 0.508 e. The highest BCUT2D eigenvalue weighted by molar-refractivity contribution is 6.00. The number of aromatic hydroxyl groups is 1. The number of benzene rings is 7. The number of nitrogens with zero attached hydrogens (tertiary/aromatic N) is 3. The van der Waals surface area contributed by atoms with E-state index >= 15 is 0 Å². The van der Waals surface area contributed by atoms with E-state index in [9.17, 15) is 28.1 Å². The van der Waals surface area contributed by atoms with Crippen molar-refractivity contribution in [3.8, 4) is 17.2 Å². The molecular weight excluding hydrogens is 1310 g/mol. The summed E-state index contributed by atoms with van der Waals surface area (Å²) in [7, 11) is 3.36. The number of rotatable bonds is 15. The van der Waals surface area contributed by atoms with E-state index in [4.69, 9.17) is 24.9 Å². The van der Waals surface area contributed by atoms with E-state index in [-0.39, 0.29) is 35.1 Å². The molecule has 12 nitrogen and oxygen atoms in total. The number of aliphatic hydroxyl groups excluding tert-OH is 1. The zero-order chi connectivity index (χ0) is 78.3. The molecular formula is C89H123F3N4O8. The summed E-state index contributed by atoms with van der Waals surface area (Å²) in [5.74, 6) is 4.36. The van der Waals surface area contributed by atoms with Crippen LogP contribution in [0.15, 0.2) is 167 Å². The fourth-order valence-electron chi connectivity index (χ4n) is 12.7. The van der Waals surface area contributed by atoms with Crippen molar-refractivity contribution in [2.24, 2.45) is 17.0 Å². The lowest BCUT2D eigenvalue weighted by Crippen LogP contribution is -2.49. The predicted molar refractivity (Wildman–Crippen MR) is 428 cm³/mol. The van der Waals surface area contributed by atoms with Crippen LogP contribution in [-0.4, -0.2) is 78.4 Å². The number of anilines is 1. The van der Waals surface area contributed by atoms with Crippen molar-refractivity contribution in [2.75, 3.05) is 38.8 Å². The second-order valence-corrected chi connectivity index (χ2v) is 29.5. The standard InChI is InChI=1S/C15H24N2.C13H16.C12H18O.C11H15NO2.C10H13F3O.C10H14O.C9H11NO2.C9H12O/c1-11(2)15-9-14(6-5-12(15)3)17-8-7-16-13(4)10-17;1-9(2)13-10(3)8-11-6-4-5-7-12(11)13;1-8(2)11-6-7-12(13-5)10(4)9(11)3;1-8(2)10-5-4-9(7-12-13)6-11(10)14-3;1-6(2)7-4-3-5-8(7)9(14)10(11,12)13;1-8(2)10-5-3-9(7-11)4-6-10;1-7(2)8-3-5-9(6-4-8)10(11)12;1-7(2)8-3-5-9(10)6-4-8/h5-6,9,11,13,16H,7-8,10H2,1-4H3;4-7,9H,8H2,1-3H3;6-8H,1-5H3;4-8,13H,1-3H3;6H,3-5H2,1-2H3;3-6,8,11H,7H2,1-2H3;3-7H,1-2H3;3-7,10H,1-2H3/b;;;12-7+;;;;. The summed E-state index contributed by atoms with van der Waals surface area (Å²) in [4.78, 5) is 23.4. The van der Waals surface area contributed by atoms with Crippen LogP contribution in [0.25, 0.3) is 5.57 Å². The van der Waals surface area contributed by atoms with Crippen molar-refractivity contribution in [3.05, 3.63) is 245 Å². The lowest BCUT2D eigenvalue weighted by atomic mass is 9.94. The van der Waals surface area contributed by atoms with Crippen LogP contribution in [0.4, 0.5) is 24.5 Å². The highest BCUT2D eigenvalue weighted by Crippen LogP contribution is 2.38. The third-order valence-corrected chi connectivity index (χ3v) is 18.8. The Bertz CT molecular complexity index is 3850. The number of allylic oxidation sites excluding steroid dienone is 4. The van der Waals surface area contributed by atoms with Crippen molar-refractivity contribution in [2.45, 2.75) is 225 Å². The smallest absolute Gasteiger partial charge is 0.454 e.